The number of nitrogens with one attached hydrogen (secondary N) is 2. The van der Waals surface area contributed by atoms with E-state index in [1.807, 2.05) is 31.1 Å². The molecule has 2 N–H and O–H groups in total. The van der Waals surface area contributed by atoms with Crippen molar-refractivity contribution in [1.29, 1.82) is 0 Å². The van der Waals surface area contributed by atoms with Gasteiger partial charge in [0.15, 0.2) is 0 Å². The molecule has 0 aromatic carbocycles. The molecule has 1 aliphatic heterocycles. The molecular formula is C17H22N8O2S. The molecule has 10 nitrogen and oxygen atoms in total. The van der Waals surface area contributed by atoms with Crippen molar-refractivity contribution in [2.45, 2.75) is 20.0 Å². The third-order valence-electron chi connectivity index (χ3n) is 4.64. The lowest BCUT2D eigenvalue weighted by Crippen LogP contribution is -2.47. The smallest absolute Gasteiger partial charge is 0.261 e. The summed E-state index contributed by atoms with van der Waals surface area (Å²) in [4.78, 5) is 27.5. The summed E-state index contributed by atoms with van der Waals surface area (Å²) in [6.07, 6.45) is 1.85. The highest BCUT2D eigenvalue weighted by Gasteiger charge is 2.18. The molecule has 2 amide bonds. The van der Waals surface area contributed by atoms with Gasteiger partial charge in [-0.2, -0.15) is 5.10 Å². The Hall–Kier alpha value is -2.79. The Bertz CT molecular complexity index is 985. The predicted octanol–water partition coefficient (Wildman–Crippen LogP) is -0.103. The molecule has 3 aromatic heterocycles. The number of hydrogen-bond donors (Lipinski definition) is 2. The van der Waals surface area contributed by atoms with Crippen LogP contribution >= 0.6 is 11.3 Å². The molecule has 0 spiro atoms. The van der Waals surface area contributed by atoms with Crippen molar-refractivity contribution >= 4 is 33.4 Å². The van der Waals surface area contributed by atoms with Gasteiger partial charge in [-0.15, -0.1) is 16.4 Å². The van der Waals surface area contributed by atoms with E-state index in [9.17, 15) is 9.59 Å². The van der Waals surface area contributed by atoms with Gasteiger partial charge < -0.3 is 10.6 Å². The summed E-state index contributed by atoms with van der Waals surface area (Å²) in [5.41, 5.74) is 1.74. The number of fused-ring (bicyclic) bond motifs is 1. The van der Waals surface area contributed by atoms with Gasteiger partial charge >= 0.3 is 0 Å². The van der Waals surface area contributed by atoms with Crippen molar-refractivity contribution in [3.63, 3.8) is 0 Å². The minimum absolute atomic E-state index is 0.0357. The molecule has 0 unspecified atom stereocenters. The summed E-state index contributed by atoms with van der Waals surface area (Å²) in [5, 5.41) is 19.3. The maximum Gasteiger partial charge on any atom is 0.261 e. The lowest BCUT2D eigenvalue weighted by molar-refractivity contribution is -0.124. The summed E-state index contributed by atoms with van der Waals surface area (Å²) >= 11 is 1.44. The van der Waals surface area contributed by atoms with E-state index in [1.54, 1.807) is 9.36 Å². The highest BCUT2D eigenvalue weighted by molar-refractivity contribution is 7.20. The SMILES string of the molecule is Cc1nn(C)c2sc(C(=O)NCCn3cc(CN4CCNC(=O)C4)nn3)cc12. The first-order chi connectivity index (χ1) is 13.5. The molecule has 28 heavy (non-hydrogen) atoms. The molecule has 1 saturated heterocycles. The minimum Gasteiger partial charge on any atom is -0.354 e. The number of nitrogens with zero attached hydrogens (tertiary/aromatic N) is 6. The Morgan fingerprint density at radius 2 is 2.29 bits per heavy atom. The van der Waals surface area contributed by atoms with E-state index in [1.165, 1.54) is 11.3 Å². The first-order valence-electron chi connectivity index (χ1n) is 9.09. The molecule has 1 fully saturated rings. The van der Waals surface area contributed by atoms with E-state index >= 15 is 0 Å². The zero-order valence-corrected chi connectivity index (χ0v) is 16.6. The molecule has 0 bridgehead atoms. The van der Waals surface area contributed by atoms with Crippen molar-refractivity contribution in [1.82, 2.24) is 40.3 Å². The summed E-state index contributed by atoms with van der Waals surface area (Å²) in [5.74, 6) is -0.0613. The number of amides is 2. The molecule has 0 aliphatic carbocycles. The van der Waals surface area contributed by atoms with Gasteiger partial charge in [0.05, 0.1) is 29.4 Å². The van der Waals surface area contributed by atoms with Gasteiger partial charge in [-0.1, -0.05) is 5.21 Å². The average Bonchev–Trinajstić information content (AvgIpc) is 3.34. The molecule has 4 heterocycles. The summed E-state index contributed by atoms with van der Waals surface area (Å²) in [6, 6.07) is 1.89. The number of carbonyl (C=O) groups excluding carboxylic acids is 2. The van der Waals surface area contributed by atoms with Crippen LogP contribution in [0.5, 0.6) is 0 Å². The van der Waals surface area contributed by atoms with Gasteiger partial charge in [0.2, 0.25) is 5.91 Å². The van der Waals surface area contributed by atoms with Crippen LogP contribution in [0.15, 0.2) is 12.3 Å². The highest BCUT2D eigenvalue weighted by atomic mass is 32.1. The lowest BCUT2D eigenvalue weighted by Gasteiger charge is -2.25. The second-order valence-electron chi connectivity index (χ2n) is 6.83. The highest BCUT2D eigenvalue weighted by Crippen LogP contribution is 2.27. The number of hydrogen-bond acceptors (Lipinski definition) is 7. The Balaban J connectivity index is 1.28. The summed E-state index contributed by atoms with van der Waals surface area (Å²) < 4.78 is 3.51. The molecule has 3 aromatic rings. The Morgan fingerprint density at radius 3 is 3.07 bits per heavy atom. The zero-order chi connectivity index (χ0) is 19.7. The van der Waals surface area contributed by atoms with Crippen molar-refractivity contribution < 1.29 is 9.59 Å². The Morgan fingerprint density at radius 1 is 1.43 bits per heavy atom. The standard InChI is InChI=1S/C17H22N8O2S/c1-11-13-7-14(28-17(13)23(2)21-11)16(27)19-4-6-25-9-12(20-22-25)8-24-5-3-18-15(26)10-24/h7,9H,3-6,8,10H2,1-2H3,(H,18,26)(H,19,27). The summed E-state index contributed by atoms with van der Waals surface area (Å²) in [6.45, 7) is 5.37. The summed E-state index contributed by atoms with van der Waals surface area (Å²) in [7, 11) is 1.88. The first-order valence-corrected chi connectivity index (χ1v) is 9.90. The molecule has 148 valence electrons. The van der Waals surface area contributed by atoms with E-state index in [2.05, 4.69) is 26.0 Å². The molecule has 4 rings (SSSR count). The van der Waals surface area contributed by atoms with Gasteiger partial charge in [-0.25, -0.2) is 0 Å². The second kappa shape index (κ2) is 7.68. The maximum absolute atomic E-state index is 12.4. The van der Waals surface area contributed by atoms with E-state index in [0.29, 0.717) is 37.6 Å². The normalized spacial score (nSPS) is 15.1. The van der Waals surface area contributed by atoms with Crippen LogP contribution in [-0.2, 0) is 24.9 Å². The fraction of sp³-hybridized carbons (Fsp3) is 0.471. The van der Waals surface area contributed by atoms with Crippen molar-refractivity contribution in [2.75, 3.05) is 26.2 Å². The number of thiophene rings is 1. The van der Waals surface area contributed by atoms with E-state index in [4.69, 9.17) is 0 Å². The number of aromatic nitrogens is 5. The van der Waals surface area contributed by atoms with Crippen molar-refractivity contribution in [3.05, 3.63) is 28.5 Å². The Kier molecular flexibility index (Phi) is 5.09. The number of rotatable bonds is 6. The minimum atomic E-state index is -0.0970. The van der Waals surface area contributed by atoms with Crippen LogP contribution < -0.4 is 10.6 Å². The van der Waals surface area contributed by atoms with Crippen LogP contribution in [0.25, 0.3) is 10.2 Å². The van der Waals surface area contributed by atoms with Crippen LogP contribution in [0, 0.1) is 6.92 Å². The van der Waals surface area contributed by atoms with E-state index in [0.717, 1.165) is 28.1 Å². The number of aryl methyl sites for hydroxylation is 2. The van der Waals surface area contributed by atoms with Crippen LogP contribution in [0.3, 0.4) is 0 Å². The maximum atomic E-state index is 12.4. The first kappa shape index (κ1) is 18.6. The average molecular weight is 402 g/mol. The van der Waals surface area contributed by atoms with E-state index in [-0.39, 0.29) is 11.8 Å². The number of carbonyl (C=O) groups is 2. The van der Waals surface area contributed by atoms with Crippen molar-refractivity contribution in [2.24, 2.45) is 7.05 Å². The number of piperazine rings is 1. The molecule has 0 radical (unpaired) electrons. The molecule has 0 saturated carbocycles. The lowest BCUT2D eigenvalue weighted by atomic mass is 10.3. The second-order valence-corrected chi connectivity index (χ2v) is 7.86. The van der Waals surface area contributed by atoms with Crippen LogP contribution in [0.1, 0.15) is 21.1 Å². The quantitative estimate of drug-likeness (QED) is 0.596. The van der Waals surface area contributed by atoms with Gasteiger partial charge in [0.25, 0.3) is 5.91 Å². The monoisotopic (exact) mass is 402 g/mol. The largest absolute Gasteiger partial charge is 0.354 e. The van der Waals surface area contributed by atoms with Crippen LogP contribution in [-0.4, -0.2) is 67.7 Å². The molecule has 0 atom stereocenters. The van der Waals surface area contributed by atoms with E-state index < -0.39 is 0 Å². The Labute approximate surface area is 165 Å². The fourth-order valence-corrected chi connectivity index (χ4v) is 4.30. The topological polar surface area (TPSA) is 110 Å². The zero-order valence-electron chi connectivity index (χ0n) is 15.8. The molecule has 1 aliphatic rings. The van der Waals surface area contributed by atoms with Gasteiger partial charge in [0, 0.05) is 44.8 Å². The van der Waals surface area contributed by atoms with Gasteiger partial charge in [-0.05, 0) is 13.0 Å². The van der Waals surface area contributed by atoms with Crippen molar-refractivity contribution in [3.8, 4) is 0 Å². The fourth-order valence-electron chi connectivity index (χ4n) is 3.26. The van der Waals surface area contributed by atoms with Crippen LogP contribution in [0.4, 0.5) is 0 Å². The predicted molar refractivity (Wildman–Crippen MR) is 104 cm³/mol. The van der Waals surface area contributed by atoms with Gasteiger partial charge in [-0.3, -0.25) is 23.9 Å². The van der Waals surface area contributed by atoms with Gasteiger partial charge in [0.1, 0.15) is 4.83 Å². The third-order valence-corrected chi connectivity index (χ3v) is 5.84. The molecule has 11 heteroatoms. The molecular weight excluding hydrogens is 380 g/mol. The third kappa shape index (κ3) is 3.90. The van der Waals surface area contributed by atoms with Crippen LogP contribution in [0.2, 0.25) is 0 Å².